The fourth-order valence-electron chi connectivity index (χ4n) is 3.24. The highest BCUT2D eigenvalue weighted by molar-refractivity contribution is 7.92. The first kappa shape index (κ1) is 23.7. The molecule has 0 saturated carbocycles. The summed E-state index contributed by atoms with van der Waals surface area (Å²) in [6.07, 6.45) is 0. The van der Waals surface area contributed by atoms with Crippen LogP contribution in [0.25, 0.3) is 0 Å². The largest absolute Gasteiger partial charge is 0.339 e. The molecule has 2 aromatic carbocycles. The Bertz CT molecular complexity index is 1120. The second-order valence-electron chi connectivity index (χ2n) is 7.19. The van der Waals surface area contributed by atoms with Crippen molar-refractivity contribution in [3.63, 3.8) is 0 Å². The van der Waals surface area contributed by atoms with Crippen LogP contribution in [0.5, 0.6) is 0 Å². The molecule has 3 amide bonds. The van der Waals surface area contributed by atoms with Crippen LogP contribution in [0.15, 0.2) is 53.4 Å². The number of sulfone groups is 1. The van der Waals surface area contributed by atoms with Crippen LogP contribution >= 0.6 is 11.6 Å². The molecule has 1 N–H and O–H groups in total. The molecule has 1 fully saturated rings. The molecular formula is C21H21ClFN3O5S. The summed E-state index contributed by atoms with van der Waals surface area (Å²) in [7, 11) is -4.34. The quantitative estimate of drug-likeness (QED) is 0.700. The van der Waals surface area contributed by atoms with Crippen LogP contribution in [-0.4, -0.2) is 67.5 Å². The molecule has 2 aromatic rings. The van der Waals surface area contributed by atoms with Gasteiger partial charge in [0.25, 0.3) is 11.8 Å². The fourth-order valence-corrected chi connectivity index (χ4v) is 4.83. The Balaban J connectivity index is 1.90. The summed E-state index contributed by atoms with van der Waals surface area (Å²) in [5.74, 6) is -2.37. The van der Waals surface area contributed by atoms with Crippen molar-refractivity contribution in [1.82, 2.24) is 15.1 Å². The van der Waals surface area contributed by atoms with E-state index in [9.17, 15) is 27.2 Å². The molecule has 1 atom stereocenters. The number of rotatable bonds is 5. The van der Waals surface area contributed by atoms with Gasteiger partial charge in [-0.3, -0.25) is 14.4 Å². The second-order valence-corrected chi connectivity index (χ2v) is 9.66. The molecule has 11 heteroatoms. The van der Waals surface area contributed by atoms with Gasteiger partial charge in [0, 0.05) is 43.7 Å². The van der Waals surface area contributed by atoms with Crippen LogP contribution in [-0.2, 0) is 19.4 Å². The SMILES string of the molecule is CC(=O)N1CCN(C(=O)[C@@H](NC(=O)c2ccc(F)cc2)S(=O)(=O)c2ccc(Cl)cc2)CC1. The molecule has 0 bridgehead atoms. The van der Waals surface area contributed by atoms with Crippen LogP contribution in [0.4, 0.5) is 4.39 Å². The van der Waals surface area contributed by atoms with Crippen LogP contribution in [0.3, 0.4) is 0 Å². The lowest BCUT2D eigenvalue weighted by atomic mass is 10.2. The Kier molecular flexibility index (Phi) is 7.15. The van der Waals surface area contributed by atoms with Crippen LogP contribution in [0, 0.1) is 5.82 Å². The van der Waals surface area contributed by atoms with Gasteiger partial charge in [-0.05, 0) is 48.5 Å². The number of carbonyl (C=O) groups excluding carboxylic acids is 3. The molecule has 1 aliphatic rings. The summed E-state index contributed by atoms with van der Waals surface area (Å²) in [4.78, 5) is 40.1. The van der Waals surface area contributed by atoms with Gasteiger partial charge >= 0.3 is 0 Å². The number of nitrogens with one attached hydrogen (secondary N) is 1. The third kappa shape index (κ3) is 5.25. The molecule has 3 rings (SSSR count). The van der Waals surface area contributed by atoms with E-state index in [0.29, 0.717) is 5.02 Å². The highest BCUT2D eigenvalue weighted by atomic mass is 35.5. The van der Waals surface area contributed by atoms with Crippen LogP contribution < -0.4 is 5.32 Å². The zero-order chi connectivity index (χ0) is 23.5. The molecule has 1 heterocycles. The van der Waals surface area contributed by atoms with E-state index >= 15 is 0 Å². The van der Waals surface area contributed by atoms with Crippen molar-refractivity contribution in [3.05, 3.63) is 64.9 Å². The normalized spacial score (nSPS) is 15.2. The summed E-state index contributed by atoms with van der Waals surface area (Å²) in [5.41, 5.74) is -0.00287. The van der Waals surface area contributed by atoms with Gasteiger partial charge in [0.05, 0.1) is 4.90 Å². The van der Waals surface area contributed by atoms with E-state index in [1.807, 2.05) is 0 Å². The number of halogens is 2. The fraction of sp³-hybridized carbons (Fsp3) is 0.286. The van der Waals surface area contributed by atoms with E-state index in [4.69, 9.17) is 11.6 Å². The second kappa shape index (κ2) is 9.66. The molecule has 1 aliphatic heterocycles. The van der Waals surface area contributed by atoms with E-state index in [0.717, 1.165) is 12.1 Å². The average Bonchev–Trinajstić information content (AvgIpc) is 2.77. The van der Waals surface area contributed by atoms with Gasteiger partial charge in [0.1, 0.15) is 5.82 Å². The molecular weight excluding hydrogens is 461 g/mol. The van der Waals surface area contributed by atoms with Gasteiger partial charge in [-0.2, -0.15) is 0 Å². The van der Waals surface area contributed by atoms with E-state index < -0.39 is 32.8 Å². The van der Waals surface area contributed by atoms with Crippen molar-refractivity contribution in [2.75, 3.05) is 26.2 Å². The molecule has 0 unspecified atom stereocenters. The van der Waals surface area contributed by atoms with Crippen LogP contribution in [0.2, 0.25) is 5.02 Å². The number of amides is 3. The lowest BCUT2D eigenvalue weighted by Gasteiger charge is -2.36. The summed E-state index contributed by atoms with van der Waals surface area (Å²) < 4.78 is 39.8. The monoisotopic (exact) mass is 481 g/mol. The first-order valence-electron chi connectivity index (χ1n) is 9.70. The van der Waals surface area contributed by atoms with Gasteiger partial charge < -0.3 is 15.1 Å². The standard InChI is InChI=1S/C21H21ClFN3O5S/c1-14(27)25-10-12-26(13-11-25)21(29)20(24-19(28)15-2-6-17(23)7-3-15)32(30,31)18-8-4-16(22)5-9-18/h2-9,20H,10-13H2,1H3,(H,24,28)/t20-/m0/s1. The van der Waals surface area contributed by atoms with Crippen molar-refractivity contribution in [2.24, 2.45) is 0 Å². The predicted octanol–water partition coefficient (Wildman–Crippen LogP) is 1.70. The molecule has 0 aromatic heterocycles. The Hall–Kier alpha value is -2.98. The number of hydrogen-bond donors (Lipinski definition) is 1. The summed E-state index contributed by atoms with van der Waals surface area (Å²) in [6.45, 7) is 2.16. The summed E-state index contributed by atoms with van der Waals surface area (Å²) in [5, 5.41) is 0.679. The number of benzene rings is 2. The minimum absolute atomic E-state index is 0.00287. The molecule has 32 heavy (non-hydrogen) atoms. The van der Waals surface area contributed by atoms with Crippen molar-refractivity contribution < 1.29 is 27.2 Å². The maximum absolute atomic E-state index is 13.3. The smallest absolute Gasteiger partial charge is 0.261 e. The van der Waals surface area contributed by atoms with Gasteiger partial charge in [0.2, 0.25) is 21.1 Å². The molecule has 170 valence electrons. The maximum Gasteiger partial charge on any atom is 0.261 e. The van der Waals surface area contributed by atoms with E-state index in [2.05, 4.69) is 5.32 Å². The lowest BCUT2D eigenvalue weighted by Crippen LogP contribution is -2.57. The maximum atomic E-state index is 13.3. The molecule has 1 saturated heterocycles. The van der Waals surface area contributed by atoms with Crippen LogP contribution in [0.1, 0.15) is 17.3 Å². The Labute approximate surface area is 189 Å². The molecule has 0 spiro atoms. The number of carbonyl (C=O) groups is 3. The third-order valence-electron chi connectivity index (χ3n) is 5.08. The Morgan fingerprint density at radius 2 is 1.47 bits per heavy atom. The molecule has 8 nitrogen and oxygen atoms in total. The first-order valence-corrected chi connectivity index (χ1v) is 11.6. The number of hydrogen-bond acceptors (Lipinski definition) is 5. The minimum atomic E-state index is -4.34. The summed E-state index contributed by atoms with van der Waals surface area (Å²) in [6, 6.07) is 9.71. The first-order chi connectivity index (χ1) is 15.1. The van der Waals surface area contributed by atoms with Crippen molar-refractivity contribution in [1.29, 1.82) is 0 Å². The highest BCUT2D eigenvalue weighted by Gasteiger charge is 2.39. The molecule has 0 aliphatic carbocycles. The predicted molar refractivity (Wildman–Crippen MR) is 115 cm³/mol. The van der Waals surface area contributed by atoms with Crippen molar-refractivity contribution in [2.45, 2.75) is 17.2 Å². The molecule has 0 radical (unpaired) electrons. The minimum Gasteiger partial charge on any atom is -0.339 e. The van der Waals surface area contributed by atoms with Gasteiger partial charge in [-0.25, -0.2) is 12.8 Å². The van der Waals surface area contributed by atoms with E-state index in [1.165, 1.54) is 48.2 Å². The Morgan fingerprint density at radius 3 is 2.00 bits per heavy atom. The topological polar surface area (TPSA) is 104 Å². The summed E-state index contributed by atoms with van der Waals surface area (Å²) >= 11 is 5.84. The van der Waals surface area contributed by atoms with Gasteiger partial charge in [0.15, 0.2) is 0 Å². The number of nitrogens with zero attached hydrogens (tertiary/aromatic N) is 2. The Morgan fingerprint density at radius 1 is 0.938 bits per heavy atom. The number of piperazine rings is 1. The van der Waals surface area contributed by atoms with Crippen molar-refractivity contribution >= 4 is 39.2 Å². The van der Waals surface area contributed by atoms with Crippen molar-refractivity contribution in [3.8, 4) is 0 Å². The zero-order valence-corrected chi connectivity index (χ0v) is 18.7. The van der Waals surface area contributed by atoms with E-state index in [1.54, 1.807) is 4.90 Å². The van der Waals surface area contributed by atoms with E-state index in [-0.39, 0.29) is 42.5 Å². The average molecular weight is 482 g/mol. The van der Waals surface area contributed by atoms with Gasteiger partial charge in [-0.1, -0.05) is 11.6 Å². The third-order valence-corrected chi connectivity index (χ3v) is 7.20. The zero-order valence-electron chi connectivity index (χ0n) is 17.1. The van der Waals surface area contributed by atoms with Gasteiger partial charge in [-0.15, -0.1) is 0 Å². The lowest BCUT2D eigenvalue weighted by molar-refractivity contribution is -0.138. The highest BCUT2D eigenvalue weighted by Crippen LogP contribution is 2.20.